The van der Waals surface area contributed by atoms with Gasteiger partial charge in [-0.2, -0.15) is 0 Å². The van der Waals surface area contributed by atoms with Crippen molar-refractivity contribution in [1.82, 2.24) is 9.55 Å². The molecule has 1 N–H and O–H groups in total. The first kappa shape index (κ1) is 15.3. The average molecular weight is 328 g/mol. The van der Waals surface area contributed by atoms with Crippen molar-refractivity contribution >= 4 is 11.3 Å². The molecule has 0 amide bonds. The standard InChI is InChI=1S/C17H16N2O3S/c1-10-9-23-15(18-10)14-8-13(16(20)19(2)17(14)21)11-4-6-12(22-3)7-5-11/h4-9,21H,1-3H3. The van der Waals surface area contributed by atoms with Crippen molar-refractivity contribution < 1.29 is 9.84 Å². The van der Waals surface area contributed by atoms with E-state index in [1.54, 1.807) is 32.4 Å². The molecule has 0 bridgehead atoms. The molecular weight excluding hydrogens is 312 g/mol. The lowest BCUT2D eigenvalue weighted by molar-refractivity contribution is 0.415. The summed E-state index contributed by atoms with van der Waals surface area (Å²) in [7, 11) is 3.14. The highest BCUT2D eigenvalue weighted by Crippen LogP contribution is 2.33. The SMILES string of the molecule is COc1ccc(-c2cc(-c3nc(C)cs3)c(O)n(C)c2=O)cc1. The van der Waals surface area contributed by atoms with E-state index in [9.17, 15) is 9.90 Å². The molecule has 0 fully saturated rings. The minimum absolute atomic E-state index is 0.0818. The first-order valence-electron chi connectivity index (χ1n) is 7.01. The molecule has 0 aliphatic carbocycles. The van der Waals surface area contributed by atoms with Gasteiger partial charge in [-0.25, -0.2) is 4.98 Å². The quantitative estimate of drug-likeness (QED) is 0.802. The number of benzene rings is 1. The van der Waals surface area contributed by atoms with Gasteiger partial charge < -0.3 is 9.84 Å². The summed E-state index contributed by atoms with van der Waals surface area (Å²) in [6.45, 7) is 1.89. The number of nitrogens with zero attached hydrogens (tertiary/aromatic N) is 2. The Balaban J connectivity index is 2.20. The lowest BCUT2D eigenvalue weighted by Gasteiger charge is -2.11. The van der Waals surface area contributed by atoms with E-state index < -0.39 is 0 Å². The van der Waals surface area contributed by atoms with Gasteiger partial charge in [-0.1, -0.05) is 12.1 Å². The van der Waals surface area contributed by atoms with Crippen molar-refractivity contribution in [3.8, 4) is 33.3 Å². The molecule has 0 saturated carbocycles. The number of aryl methyl sites for hydroxylation is 1. The van der Waals surface area contributed by atoms with Crippen LogP contribution in [0.1, 0.15) is 5.69 Å². The lowest BCUT2D eigenvalue weighted by atomic mass is 10.0. The molecule has 1 aromatic carbocycles. The van der Waals surface area contributed by atoms with Gasteiger partial charge in [0.25, 0.3) is 5.56 Å². The number of rotatable bonds is 3. The highest BCUT2D eigenvalue weighted by atomic mass is 32.1. The number of methoxy groups -OCH3 is 1. The number of ether oxygens (including phenoxy) is 1. The molecule has 0 aliphatic rings. The summed E-state index contributed by atoms with van der Waals surface area (Å²) >= 11 is 1.43. The predicted molar refractivity (Wildman–Crippen MR) is 91.2 cm³/mol. The zero-order valence-corrected chi connectivity index (χ0v) is 13.8. The predicted octanol–water partition coefficient (Wildman–Crippen LogP) is 3.20. The third-order valence-electron chi connectivity index (χ3n) is 3.63. The topological polar surface area (TPSA) is 64.3 Å². The minimum atomic E-state index is -0.260. The van der Waals surface area contributed by atoms with Crippen molar-refractivity contribution in [2.75, 3.05) is 7.11 Å². The normalized spacial score (nSPS) is 10.7. The molecule has 118 valence electrons. The molecule has 0 unspecified atom stereocenters. The van der Waals surface area contributed by atoms with E-state index in [0.29, 0.717) is 16.1 Å². The monoisotopic (exact) mass is 328 g/mol. The molecule has 3 rings (SSSR count). The first-order chi connectivity index (χ1) is 11.0. The number of thiazole rings is 1. The van der Waals surface area contributed by atoms with E-state index in [1.807, 2.05) is 24.4 Å². The largest absolute Gasteiger partial charge is 0.497 e. The molecule has 0 saturated heterocycles. The minimum Gasteiger partial charge on any atom is -0.497 e. The van der Waals surface area contributed by atoms with Crippen LogP contribution in [0.25, 0.3) is 21.7 Å². The first-order valence-corrected chi connectivity index (χ1v) is 7.89. The van der Waals surface area contributed by atoms with Crippen molar-refractivity contribution in [2.24, 2.45) is 7.05 Å². The van der Waals surface area contributed by atoms with Gasteiger partial charge in [-0.3, -0.25) is 9.36 Å². The Bertz CT molecular complexity index is 911. The Kier molecular flexibility index (Phi) is 3.92. The molecule has 0 atom stereocenters. The summed E-state index contributed by atoms with van der Waals surface area (Å²) in [6.07, 6.45) is 0. The lowest BCUT2D eigenvalue weighted by Crippen LogP contribution is -2.19. The Morgan fingerprint density at radius 1 is 1.22 bits per heavy atom. The molecule has 5 nitrogen and oxygen atoms in total. The van der Waals surface area contributed by atoms with Crippen molar-refractivity contribution in [3.05, 3.63) is 51.8 Å². The third-order valence-corrected chi connectivity index (χ3v) is 4.63. The van der Waals surface area contributed by atoms with Gasteiger partial charge in [0.05, 0.1) is 12.7 Å². The van der Waals surface area contributed by atoms with E-state index in [4.69, 9.17) is 4.74 Å². The fourth-order valence-electron chi connectivity index (χ4n) is 2.34. The summed E-state index contributed by atoms with van der Waals surface area (Å²) in [5.74, 6) is 0.640. The summed E-state index contributed by atoms with van der Waals surface area (Å²) in [5.41, 5.74) is 2.45. The van der Waals surface area contributed by atoms with Gasteiger partial charge in [0, 0.05) is 23.7 Å². The molecule has 2 heterocycles. The van der Waals surface area contributed by atoms with Crippen LogP contribution in [0.4, 0.5) is 0 Å². The summed E-state index contributed by atoms with van der Waals surface area (Å²) in [5, 5.41) is 12.9. The average Bonchev–Trinajstić information content (AvgIpc) is 2.99. The maximum absolute atomic E-state index is 12.5. The number of hydrogen-bond acceptors (Lipinski definition) is 5. The maximum atomic E-state index is 12.5. The van der Waals surface area contributed by atoms with Crippen molar-refractivity contribution in [2.45, 2.75) is 6.92 Å². The molecule has 0 spiro atoms. The van der Waals surface area contributed by atoms with Crippen LogP contribution in [0.2, 0.25) is 0 Å². The zero-order valence-electron chi connectivity index (χ0n) is 13.0. The summed E-state index contributed by atoms with van der Waals surface area (Å²) in [6, 6.07) is 8.94. The maximum Gasteiger partial charge on any atom is 0.260 e. The van der Waals surface area contributed by atoms with E-state index in [1.165, 1.54) is 15.9 Å². The van der Waals surface area contributed by atoms with Crippen LogP contribution >= 0.6 is 11.3 Å². The molecular formula is C17H16N2O3S. The number of aromatic hydroxyl groups is 1. The second-order valence-corrected chi connectivity index (χ2v) is 6.04. The van der Waals surface area contributed by atoms with Crippen molar-refractivity contribution in [1.29, 1.82) is 0 Å². The zero-order chi connectivity index (χ0) is 16.6. The summed E-state index contributed by atoms with van der Waals surface area (Å²) in [4.78, 5) is 16.9. The molecule has 3 aromatic rings. The summed E-state index contributed by atoms with van der Waals surface area (Å²) < 4.78 is 6.38. The van der Waals surface area contributed by atoms with Gasteiger partial charge >= 0.3 is 0 Å². The van der Waals surface area contributed by atoms with Crippen LogP contribution in [0.15, 0.2) is 40.5 Å². The Hall–Kier alpha value is -2.60. The number of pyridine rings is 1. The third kappa shape index (κ3) is 2.73. The fraction of sp³-hybridized carbons (Fsp3) is 0.176. The van der Waals surface area contributed by atoms with Crippen LogP contribution in [0.3, 0.4) is 0 Å². The Morgan fingerprint density at radius 2 is 1.91 bits per heavy atom. The van der Waals surface area contributed by atoms with Crippen LogP contribution in [-0.2, 0) is 7.05 Å². The Labute approximate surface area is 137 Å². The highest BCUT2D eigenvalue weighted by Gasteiger charge is 2.16. The van der Waals surface area contributed by atoms with Crippen LogP contribution < -0.4 is 10.3 Å². The van der Waals surface area contributed by atoms with E-state index in [2.05, 4.69) is 4.98 Å². The van der Waals surface area contributed by atoms with E-state index in [0.717, 1.165) is 17.0 Å². The second-order valence-electron chi connectivity index (χ2n) is 5.18. The van der Waals surface area contributed by atoms with Crippen molar-refractivity contribution in [3.63, 3.8) is 0 Å². The van der Waals surface area contributed by atoms with E-state index >= 15 is 0 Å². The molecule has 2 aromatic heterocycles. The van der Waals surface area contributed by atoms with Gasteiger partial charge in [-0.15, -0.1) is 11.3 Å². The van der Waals surface area contributed by atoms with Gasteiger partial charge in [0.1, 0.15) is 10.8 Å². The molecule has 0 aliphatic heterocycles. The van der Waals surface area contributed by atoms with Gasteiger partial charge in [-0.05, 0) is 30.7 Å². The fourth-order valence-corrected chi connectivity index (χ4v) is 3.15. The van der Waals surface area contributed by atoms with Gasteiger partial charge in [0.2, 0.25) is 5.88 Å². The molecule has 0 radical (unpaired) electrons. The van der Waals surface area contributed by atoms with Crippen LogP contribution in [0.5, 0.6) is 11.6 Å². The van der Waals surface area contributed by atoms with Crippen LogP contribution in [-0.4, -0.2) is 21.8 Å². The smallest absolute Gasteiger partial charge is 0.260 e. The number of aromatic nitrogens is 2. The van der Waals surface area contributed by atoms with Gasteiger partial charge in [0.15, 0.2) is 0 Å². The Morgan fingerprint density at radius 3 is 2.48 bits per heavy atom. The van der Waals surface area contributed by atoms with E-state index in [-0.39, 0.29) is 11.4 Å². The van der Waals surface area contributed by atoms with Crippen LogP contribution in [0, 0.1) is 6.92 Å². The molecule has 23 heavy (non-hydrogen) atoms. The second kappa shape index (κ2) is 5.89. The molecule has 6 heteroatoms. The highest BCUT2D eigenvalue weighted by molar-refractivity contribution is 7.13. The number of hydrogen-bond donors (Lipinski definition) is 1.